The van der Waals surface area contributed by atoms with Gasteiger partial charge in [-0.25, -0.2) is 0 Å². The van der Waals surface area contributed by atoms with Gasteiger partial charge in [0.25, 0.3) is 5.91 Å². The second-order valence-electron chi connectivity index (χ2n) is 8.38. The van der Waals surface area contributed by atoms with Crippen LogP contribution >= 0.6 is 11.6 Å². The van der Waals surface area contributed by atoms with Gasteiger partial charge in [-0.3, -0.25) is 14.3 Å². The van der Waals surface area contributed by atoms with Crippen molar-refractivity contribution in [1.29, 1.82) is 0 Å². The predicted octanol–water partition coefficient (Wildman–Crippen LogP) is 4.77. The maximum absolute atomic E-state index is 13.1. The van der Waals surface area contributed by atoms with E-state index in [1.165, 1.54) is 0 Å². The van der Waals surface area contributed by atoms with E-state index in [-0.39, 0.29) is 11.8 Å². The fourth-order valence-corrected chi connectivity index (χ4v) is 4.23. The molecule has 7 heteroatoms. The summed E-state index contributed by atoms with van der Waals surface area (Å²) in [6.07, 6.45) is 6.31. The Morgan fingerprint density at radius 3 is 2.61 bits per heavy atom. The summed E-state index contributed by atoms with van der Waals surface area (Å²) in [5, 5.41) is 8.36. The molecule has 2 aromatic carbocycles. The maximum Gasteiger partial charge on any atom is 0.255 e. The van der Waals surface area contributed by atoms with Crippen LogP contribution in [-0.4, -0.2) is 46.1 Å². The first-order valence-electron chi connectivity index (χ1n) is 11.5. The Morgan fingerprint density at radius 1 is 1.03 bits per heavy atom. The molecule has 0 bridgehead atoms. The van der Waals surface area contributed by atoms with Crippen molar-refractivity contribution < 1.29 is 9.59 Å². The Morgan fingerprint density at radius 2 is 1.82 bits per heavy atom. The molecule has 0 aliphatic carbocycles. The standard InChI is InChI=1S/C26H29ClN4O2/c27-22-13-11-21(12-14-22)25-23(19-31(29-25)18-20-8-3-1-4-9-20)26(33)28-15-7-17-30-16-6-2-5-10-24(30)32/h1,3-4,8-9,11-14,19H,2,5-7,10,15-18H2,(H,28,33). The number of nitrogens with one attached hydrogen (secondary N) is 1. The van der Waals surface area contributed by atoms with Crippen LogP contribution in [0.25, 0.3) is 11.3 Å². The second kappa shape index (κ2) is 11.1. The summed E-state index contributed by atoms with van der Waals surface area (Å²) in [7, 11) is 0. The summed E-state index contributed by atoms with van der Waals surface area (Å²) in [6, 6.07) is 17.4. The molecular formula is C26H29ClN4O2. The molecule has 33 heavy (non-hydrogen) atoms. The zero-order valence-electron chi connectivity index (χ0n) is 18.7. The van der Waals surface area contributed by atoms with Crippen LogP contribution in [0.1, 0.15) is 48.0 Å². The summed E-state index contributed by atoms with van der Waals surface area (Å²) in [5.74, 6) is 0.0625. The fourth-order valence-electron chi connectivity index (χ4n) is 4.10. The molecule has 2 amide bonds. The van der Waals surface area contributed by atoms with Gasteiger partial charge in [-0.05, 0) is 37.0 Å². The number of hydrogen-bond acceptors (Lipinski definition) is 3. The van der Waals surface area contributed by atoms with Crippen molar-refractivity contribution in [3.8, 4) is 11.3 Å². The van der Waals surface area contributed by atoms with Crippen LogP contribution in [0.15, 0.2) is 60.8 Å². The monoisotopic (exact) mass is 464 g/mol. The lowest BCUT2D eigenvalue weighted by Crippen LogP contribution is -2.34. The van der Waals surface area contributed by atoms with Crippen LogP contribution in [0.3, 0.4) is 0 Å². The van der Waals surface area contributed by atoms with Gasteiger partial charge in [0.2, 0.25) is 5.91 Å². The quantitative estimate of drug-likeness (QED) is 0.488. The van der Waals surface area contributed by atoms with Crippen LogP contribution in [0.5, 0.6) is 0 Å². The molecule has 1 N–H and O–H groups in total. The smallest absolute Gasteiger partial charge is 0.255 e. The van der Waals surface area contributed by atoms with E-state index in [1.54, 1.807) is 23.0 Å². The van der Waals surface area contributed by atoms with Gasteiger partial charge in [-0.1, -0.05) is 60.5 Å². The topological polar surface area (TPSA) is 67.2 Å². The average molecular weight is 465 g/mol. The molecule has 1 aromatic heterocycles. The van der Waals surface area contributed by atoms with Crippen LogP contribution in [-0.2, 0) is 11.3 Å². The highest BCUT2D eigenvalue weighted by Gasteiger charge is 2.19. The molecule has 0 radical (unpaired) electrons. The van der Waals surface area contributed by atoms with E-state index in [0.717, 1.165) is 43.4 Å². The molecule has 1 fully saturated rings. The Hall–Kier alpha value is -3.12. The van der Waals surface area contributed by atoms with Crippen molar-refractivity contribution in [2.45, 2.75) is 38.6 Å². The van der Waals surface area contributed by atoms with Gasteiger partial charge < -0.3 is 10.2 Å². The zero-order chi connectivity index (χ0) is 23.0. The van der Waals surface area contributed by atoms with Gasteiger partial charge in [-0.15, -0.1) is 0 Å². The van der Waals surface area contributed by atoms with Crippen molar-refractivity contribution in [3.63, 3.8) is 0 Å². The van der Waals surface area contributed by atoms with E-state index < -0.39 is 0 Å². The molecule has 1 aliphatic rings. The largest absolute Gasteiger partial charge is 0.352 e. The average Bonchev–Trinajstić information content (AvgIpc) is 3.13. The molecule has 172 valence electrons. The lowest BCUT2D eigenvalue weighted by atomic mass is 10.1. The highest BCUT2D eigenvalue weighted by molar-refractivity contribution is 6.30. The van der Waals surface area contributed by atoms with Crippen molar-refractivity contribution in [2.75, 3.05) is 19.6 Å². The Bertz CT molecular complexity index is 1080. The second-order valence-corrected chi connectivity index (χ2v) is 8.82. The molecule has 1 aliphatic heterocycles. The number of halogens is 1. The number of rotatable bonds is 8. The molecule has 1 saturated heterocycles. The van der Waals surface area contributed by atoms with Gasteiger partial charge >= 0.3 is 0 Å². The minimum Gasteiger partial charge on any atom is -0.352 e. The van der Waals surface area contributed by atoms with Crippen molar-refractivity contribution in [2.24, 2.45) is 0 Å². The first-order valence-corrected chi connectivity index (χ1v) is 11.9. The van der Waals surface area contributed by atoms with Crippen LogP contribution in [0.2, 0.25) is 5.02 Å². The molecule has 3 aromatic rings. The molecule has 6 nitrogen and oxygen atoms in total. The van der Waals surface area contributed by atoms with E-state index in [2.05, 4.69) is 5.32 Å². The minimum atomic E-state index is -0.165. The number of nitrogens with zero attached hydrogens (tertiary/aromatic N) is 3. The molecule has 0 saturated carbocycles. The number of aromatic nitrogens is 2. The van der Waals surface area contributed by atoms with Gasteiger partial charge in [-0.2, -0.15) is 5.10 Å². The molecule has 0 unspecified atom stereocenters. The Kier molecular flexibility index (Phi) is 7.79. The normalized spacial score (nSPS) is 14.2. The SMILES string of the molecule is O=C(NCCCN1CCCCCC1=O)c1cn(Cc2ccccc2)nc1-c1ccc(Cl)cc1. The summed E-state index contributed by atoms with van der Waals surface area (Å²) in [6.45, 7) is 2.58. The van der Waals surface area contributed by atoms with Crippen molar-refractivity contribution in [1.82, 2.24) is 20.0 Å². The Balaban J connectivity index is 1.44. The van der Waals surface area contributed by atoms with Gasteiger partial charge in [0, 0.05) is 42.8 Å². The Labute approximate surface area is 199 Å². The zero-order valence-corrected chi connectivity index (χ0v) is 19.4. The van der Waals surface area contributed by atoms with Crippen molar-refractivity contribution >= 4 is 23.4 Å². The molecular weight excluding hydrogens is 436 g/mol. The first kappa shape index (κ1) is 23.1. The molecule has 2 heterocycles. The van der Waals surface area contributed by atoms with E-state index in [4.69, 9.17) is 16.7 Å². The maximum atomic E-state index is 13.1. The summed E-state index contributed by atoms with van der Waals surface area (Å²) >= 11 is 6.05. The highest BCUT2D eigenvalue weighted by atomic mass is 35.5. The number of carbonyl (C=O) groups is 2. The van der Waals surface area contributed by atoms with Crippen LogP contribution < -0.4 is 5.32 Å². The third kappa shape index (κ3) is 6.23. The number of amides is 2. The number of likely N-dealkylation sites (tertiary alicyclic amines) is 1. The predicted molar refractivity (Wildman–Crippen MR) is 130 cm³/mol. The van der Waals surface area contributed by atoms with E-state index in [9.17, 15) is 9.59 Å². The number of hydrogen-bond donors (Lipinski definition) is 1. The first-order chi connectivity index (χ1) is 16.1. The van der Waals surface area contributed by atoms with Crippen molar-refractivity contribution in [3.05, 3.63) is 76.9 Å². The molecule has 0 atom stereocenters. The van der Waals surface area contributed by atoms with E-state index in [1.807, 2.05) is 47.4 Å². The summed E-state index contributed by atoms with van der Waals surface area (Å²) in [4.78, 5) is 27.2. The van der Waals surface area contributed by atoms with Crippen LogP contribution in [0.4, 0.5) is 0 Å². The van der Waals surface area contributed by atoms with Crippen LogP contribution in [0, 0.1) is 0 Å². The number of carbonyl (C=O) groups excluding carboxylic acids is 2. The fraction of sp³-hybridized carbons (Fsp3) is 0.346. The summed E-state index contributed by atoms with van der Waals surface area (Å²) < 4.78 is 1.80. The van der Waals surface area contributed by atoms with E-state index >= 15 is 0 Å². The third-order valence-electron chi connectivity index (χ3n) is 5.87. The lowest BCUT2D eigenvalue weighted by molar-refractivity contribution is -0.130. The van der Waals surface area contributed by atoms with Gasteiger partial charge in [0.15, 0.2) is 0 Å². The van der Waals surface area contributed by atoms with E-state index in [0.29, 0.717) is 42.3 Å². The minimum absolute atomic E-state index is 0.165. The summed E-state index contributed by atoms with van der Waals surface area (Å²) in [5.41, 5.74) is 3.10. The van der Waals surface area contributed by atoms with Gasteiger partial charge in [0.1, 0.15) is 5.69 Å². The van der Waals surface area contributed by atoms with Gasteiger partial charge in [0.05, 0.1) is 12.1 Å². The third-order valence-corrected chi connectivity index (χ3v) is 6.13. The highest BCUT2D eigenvalue weighted by Crippen LogP contribution is 2.24. The molecule has 0 spiro atoms. The number of benzene rings is 2. The molecule has 4 rings (SSSR count). The lowest BCUT2D eigenvalue weighted by Gasteiger charge is -2.20.